The number of halogens is 1. The summed E-state index contributed by atoms with van der Waals surface area (Å²) in [5.74, 6) is 0.853. The number of aromatic nitrogens is 2. The van der Waals surface area contributed by atoms with Crippen molar-refractivity contribution in [1.29, 1.82) is 0 Å². The van der Waals surface area contributed by atoms with Gasteiger partial charge >= 0.3 is 0 Å². The first-order valence-electron chi connectivity index (χ1n) is 9.53. The van der Waals surface area contributed by atoms with Crippen LogP contribution in [0.25, 0.3) is 0 Å². The molecule has 1 aliphatic rings. The molecular formula is C20H31IN6. The fourth-order valence-corrected chi connectivity index (χ4v) is 3.21. The van der Waals surface area contributed by atoms with Crippen molar-refractivity contribution in [1.82, 2.24) is 25.3 Å². The van der Waals surface area contributed by atoms with Crippen LogP contribution >= 0.6 is 24.0 Å². The normalized spacial score (nSPS) is 14.1. The first kappa shape index (κ1) is 21.7. The standard InChI is InChI=1S/C20H30N6.HI/c1-3-25(19-9-10-19)14-12-22-20(21-2)23-15-17-7-4-5-8-18(17)16-26-13-6-11-24-26;/h4-8,11,13,19H,3,9-10,12,14-16H2,1-2H3,(H2,21,22,23);1H. The van der Waals surface area contributed by atoms with Crippen LogP contribution in [0.4, 0.5) is 0 Å². The van der Waals surface area contributed by atoms with Gasteiger partial charge in [-0.05, 0) is 36.6 Å². The van der Waals surface area contributed by atoms with E-state index in [9.17, 15) is 0 Å². The molecule has 1 heterocycles. The van der Waals surface area contributed by atoms with Crippen LogP contribution in [0.5, 0.6) is 0 Å². The summed E-state index contributed by atoms with van der Waals surface area (Å²) >= 11 is 0. The summed E-state index contributed by atoms with van der Waals surface area (Å²) in [7, 11) is 1.82. The third-order valence-corrected chi connectivity index (χ3v) is 4.84. The second-order valence-electron chi connectivity index (χ2n) is 6.68. The molecule has 0 atom stereocenters. The van der Waals surface area contributed by atoms with Crippen LogP contribution in [0.3, 0.4) is 0 Å². The van der Waals surface area contributed by atoms with E-state index in [1.807, 2.05) is 30.2 Å². The van der Waals surface area contributed by atoms with E-state index in [0.717, 1.165) is 44.7 Å². The lowest BCUT2D eigenvalue weighted by molar-refractivity contribution is 0.282. The van der Waals surface area contributed by atoms with Crippen LogP contribution in [0.1, 0.15) is 30.9 Å². The van der Waals surface area contributed by atoms with Gasteiger partial charge < -0.3 is 10.6 Å². The van der Waals surface area contributed by atoms with E-state index in [1.54, 1.807) is 0 Å². The van der Waals surface area contributed by atoms with E-state index >= 15 is 0 Å². The maximum absolute atomic E-state index is 4.35. The molecule has 1 fully saturated rings. The first-order chi connectivity index (χ1) is 12.8. The molecule has 0 bridgehead atoms. The number of hydrogen-bond acceptors (Lipinski definition) is 3. The van der Waals surface area contributed by atoms with Gasteiger partial charge in [-0.25, -0.2) is 0 Å². The van der Waals surface area contributed by atoms with Gasteiger partial charge in [0.2, 0.25) is 0 Å². The molecule has 1 aliphatic carbocycles. The monoisotopic (exact) mass is 482 g/mol. The smallest absolute Gasteiger partial charge is 0.191 e. The topological polar surface area (TPSA) is 57.5 Å². The molecule has 7 heteroatoms. The Kier molecular flexibility index (Phi) is 9.06. The molecule has 1 saturated carbocycles. The average molecular weight is 482 g/mol. The molecule has 0 radical (unpaired) electrons. The highest BCUT2D eigenvalue weighted by atomic mass is 127. The van der Waals surface area contributed by atoms with Gasteiger partial charge in [0.05, 0.1) is 6.54 Å². The maximum atomic E-state index is 4.35. The number of nitrogens with one attached hydrogen (secondary N) is 2. The molecule has 0 unspecified atom stereocenters. The zero-order chi connectivity index (χ0) is 18.2. The number of aliphatic imine (C=N–C) groups is 1. The van der Waals surface area contributed by atoms with E-state index in [2.05, 4.69) is 56.8 Å². The molecule has 0 spiro atoms. The summed E-state index contributed by atoms with van der Waals surface area (Å²) in [4.78, 5) is 6.89. The highest BCUT2D eigenvalue weighted by Crippen LogP contribution is 2.25. The summed E-state index contributed by atoms with van der Waals surface area (Å²) in [5.41, 5.74) is 2.53. The summed E-state index contributed by atoms with van der Waals surface area (Å²) in [6, 6.07) is 11.2. The molecule has 2 aromatic rings. The summed E-state index contributed by atoms with van der Waals surface area (Å²) in [6.45, 7) is 6.87. The van der Waals surface area contributed by atoms with Crippen LogP contribution in [0.2, 0.25) is 0 Å². The molecule has 0 amide bonds. The molecule has 0 saturated heterocycles. The molecule has 27 heavy (non-hydrogen) atoms. The molecule has 2 N–H and O–H groups in total. The van der Waals surface area contributed by atoms with Gasteiger partial charge in [0.15, 0.2) is 5.96 Å². The van der Waals surface area contributed by atoms with Gasteiger partial charge in [0, 0.05) is 45.1 Å². The van der Waals surface area contributed by atoms with E-state index in [1.165, 1.54) is 24.0 Å². The van der Waals surface area contributed by atoms with E-state index < -0.39 is 0 Å². The zero-order valence-electron chi connectivity index (χ0n) is 16.3. The number of guanidine groups is 1. The van der Waals surface area contributed by atoms with Crippen molar-refractivity contribution in [3.05, 3.63) is 53.9 Å². The van der Waals surface area contributed by atoms with Crippen LogP contribution in [0, 0.1) is 0 Å². The molecular weight excluding hydrogens is 451 g/mol. The van der Waals surface area contributed by atoms with Crippen molar-refractivity contribution in [3.8, 4) is 0 Å². The number of hydrogen-bond donors (Lipinski definition) is 2. The second kappa shape index (κ2) is 11.3. The lowest BCUT2D eigenvalue weighted by Crippen LogP contribution is -2.41. The minimum atomic E-state index is 0. The van der Waals surface area contributed by atoms with Crippen molar-refractivity contribution >= 4 is 29.9 Å². The van der Waals surface area contributed by atoms with Crippen LogP contribution in [-0.4, -0.2) is 53.4 Å². The summed E-state index contributed by atoms with van der Waals surface area (Å²) in [5, 5.41) is 11.2. The molecule has 1 aromatic carbocycles. The number of rotatable bonds is 9. The highest BCUT2D eigenvalue weighted by Gasteiger charge is 2.27. The Labute approximate surface area is 179 Å². The molecule has 0 aliphatic heterocycles. The predicted molar refractivity (Wildman–Crippen MR) is 122 cm³/mol. The van der Waals surface area contributed by atoms with E-state index in [0.29, 0.717) is 0 Å². The van der Waals surface area contributed by atoms with Gasteiger partial charge in [0.1, 0.15) is 0 Å². The van der Waals surface area contributed by atoms with E-state index in [4.69, 9.17) is 0 Å². The Morgan fingerprint density at radius 2 is 2.00 bits per heavy atom. The second-order valence-corrected chi connectivity index (χ2v) is 6.68. The zero-order valence-corrected chi connectivity index (χ0v) is 18.6. The van der Waals surface area contributed by atoms with Gasteiger partial charge in [0.25, 0.3) is 0 Å². The van der Waals surface area contributed by atoms with Gasteiger partial charge in [-0.2, -0.15) is 5.10 Å². The lowest BCUT2D eigenvalue weighted by atomic mass is 10.1. The Morgan fingerprint density at radius 3 is 2.63 bits per heavy atom. The van der Waals surface area contributed by atoms with Crippen LogP contribution in [-0.2, 0) is 13.1 Å². The number of benzene rings is 1. The first-order valence-corrected chi connectivity index (χ1v) is 9.53. The molecule has 3 rings (SSSR count). The highest BCUT2D eigenvalue weighted by molar-refractivity contribution is 14.0. The predicted octanol–water partition coefficient (Wildman–Crippen LogP) is 2.70. The Balaban J connectivity index is 0.00000261. The molecule has 148 valence electrons. The van der Waals surface area contributed by atoms with Gasteiger partial charge in [-0.15, -0.1) is 24.0 Å². The number of likely N-dealkylation sites (N-methyl/N-ethyl adjacent to an activating group) is 1. The third-order valence-electron chi connectivity index (χ3n) is 4.84. The minimum absolute atomic E-state index is 0. The Bertz CT molecular complexity index is 696. The van der Waals surface area contributed by atoms with Gasteiger partial charge in [-0.1, -0.05) is 31.2 Å². The van der Waals surface area contributed by atoms with Crippen molar-refractivity contribution in [2.45, 2.75) is 38.9 Å². The van der Waals surface area contributed by atoms with Crippen LogP contribution < -0.4 is 10.6 Å². The van der Waals surface area contributed by atoms with E-state index in [-0.39, 0.29) is 24.0 Å². The summed E-state index contributed by atoms with van der Waals surface area (Å²) in [6.07, 6.45) is 6.51. The summed E-state index contributed by atoms with van der Waals surface area (Å²) < 4.78 is 1.95. The molecule has 6 nitrogen and oxygen atoms in total. The van der Waals surface area contributed by atoms with Gasteiger partial charge in [-0.3, -0.25) is 14.6 Å². The SMILES string of the molecule is CCN(CCNC(=NC)NCc1ccccc1Cn1cccn1)C1CC1.I. The van der Waals surface area contributed by atoms with Crippen molar-refractivity contribution < 1.29 is 0 Å². The Morgan fingerprint density at radius 1 is 1.22 bits per heavy atom. The van der Waals surface area contributed by atoms with Crippen molar-refractivity contribution in [2.24, 2.45) is 4.99 Å². The fourth-order valence-electron chi connectivity index (χ4n) is 3.21. The quantitative estimate of drug-likeness (QED) is 0.328. The Hall–Kier alpha value is -1.61. The average Bonchev–Trinajstić information content (AvgIpc) is 3.38. The largest absolute Gasteiger partial charge is 0.355 e. The lowest BCUT2D eigenvalue weighted by Gasteiger charge is -2.21. The number of nitrogens with zero attached hydrogens (tertiary/aromatic N) is 4. The minimum Gasteiger partial charge on any atom is -0.355 e. The van der Waals surface area contributed by atoms with Crippen LogP contribution in [0.15, 0.2) is 47.7 Å². The van der Waals surface area contributed by atoms with Crippen molar-refractivity contribution in [2.75, 3.05) is 26.7 Å². The molecule has 1 aromatic heterocycles. The maximum Gasteiger partial charge on any atom is 0.191 e. The fraction of sp³-hybridized carbons (Fsp3) is 0.500. The van der Waals surface area contributed by atoms with Crippen molar-refractivity contribution in [3.63, 3.8) is 0 Å². The third kappa shape index (κ3) is 6.80.